The van der Waals surface area contributed by atoms with Crippen LogP contribution in [0.25, 0.3) is 0 Å². The molecular weight excluding hydrogens is 219 g/mol. The van der Waals surface area contributed by atoms with E-state index in [0.717, 1.165) is 0 Å². The molecule has 0 amide bonds. The Morgan fingerprint density at radius 3 is 1.80 bits per heavy atom. The summed E-state index contributed by atoms with van der Waals surface area (Å²) < 4.78 is 0. The van der Waals surface area contributed by atoms with Crippen LogP contribution in [0.15, 0.2) is 6.07 Å². The zero-order chi connectivity index (χ0) is 8.84. The molecule has 2 aliphatic carbocycles. The molecule has 0 spiro atoms. The third-order valence-corrected chi connectivity index (χ3v) is 3.77. The molecule has 0 nitrogen and oxygen atoms in total. The van der Waals surface area contributed by atoms with Gasteiger partial charge < -0.3 is 7.43 Å². The second-order valence-corrected chi connectivity index (χ2v) is 4.48. The first kappa shape index (κ1) is 12.9. The van der Waals surface area contributed by atoms with E-state index in [0.29, 0.717) is 0 Å². The van der Waals surface area contributed by atoms with Crippen LogP contribution in [-0.4, -0.2) is 0 Å². The van der Waals surface area contributed by atoms with Crippen molar-refractivity contribution in [2.24, 2.45) is 0 Å². The Bertz CT molecular complexity index is 334. The number of hydrogen-bond acceptors (Lipinski definition) is 0. The molecule has 0 fully saturated rings. The summed E-state index contributed by atoms with van der Waals surface area (Å²) in [4.78, 5) is 0. The van der Waals surface area contributed by atoms with Crippen molar-refractivity contribution in [3.63, 3.8) is 0 Å². The van der Waals surface area contributed by atoms with Crippen molar-refractivity contribution in [3.8, 4) is 0 Å². The van der Waals surface area contributed by atoms with Gasteiger partial charge in [-0.25, -0.2) is 0 Å². The molecule has 81 valence electrons. The van der Waals surface area contributed by atoms with Gasteiger partial charge in [-0.05, 0) is 73.3 Å². The largest absolute Gasteiger partial charge is 0.358 e. The monoisotopic (exact) mass is 238 g/mol. The maximum absolute atomic E-state index is 2.50. The molecule has 1 aromatic carbocycles. The van der Waals surface area contributed by atoms with Crippen molar-refractivity contribution in [2.45, 2.75) is 45.4 Å². The van der Waals surface area contributed by atoms with Crippen molar-refractivity contribution in [3.05, 3.63) is 41.3 Å². The fraction of sp³-hybridized carbons (Fsp3) is 0.500. The first-order valence-corrected chi connectivity index (χ1v) is 5.49. The van der Waals surface area contributed by atoms with Gasteiger partial charge in [0, 0.05) is 18.6 Å². The van der Waals surface area contributed by atoms with E-state index in [1.165, 1.54) is 38.5 Å². The van der Waals surface area contributed by atoms with Gasteiger partial charge in [0.15, 0.2) is 0 Å². The van der Waals surface area contributed by atoms with Gasteiger partial charge in [0.25, 0.3) is 0 Å². The zero-order valence-electron chi connectivity index (χ0n) is 9.77. The van der Waals surface area contributed by atoms with Gasteiger partial charge in [-0.3, -0.25) is 0 Å². The topological polar surface area (TPSA) is 0 Å². The molecule has 2 aliphatic rings. The van der Waals surface area contributed by atoms with Gasteiger partial charge in [0.05, 0.1) is 0 Å². The number of hydrogen-bond donors (Lipinski definition) is 0. The van der Waals surface area contributed by atoms with Gasteiger partial charge in [0.1, 0.15) is 0 Å². The summed E-state index contributed by atoms with van der Waals surface area (Å²) in [6, 6.07) is 2.50. The van der Waals surface area contributed by atoms with Gasteiger partial charge in [-0.2, -0.15) is 0 Å². The standard InChI is InChI=1S/C13H16.CH3.V/c1-9-12-6-2-4-10(12)8-11-5-3-7-13(9)11;;/h8H,2-7H2,1H3;1H3;/q;-1;. The zero-order valence-corrected chi connectivity index (χ0v) is 11.2. The van der Waals surface area contributed by atoms with Crippen LogP contribution in [0.3, 0.4) is 0 Å². The molecule has 0 aliphatic heterocycles. The minimum absolute atomic E-state index is 0. The number of benzene rings is 1. The molecular formula is C14H19V-. The maximum Gasteiger partial charge on any atom is 0 e. The summed E-state index contributed by atoms with van der Waals surface area (Å²) >= 11 is 0. The van der Waals surface area contributed by atoms with Crippen molar-refractivity contribution in [2.75, 3.05) is 0 Å². The van der Waals surface area contributed by atoms with E-state index in [-0.39, 0.29) is 26.0 Å². The summed E-state index contributed by atoms with van der Waals surface area (Å²) in [6.07, 6.45) is 8.13. The van der Waals surface area contributed by atoms with Crippen LogP contribution >= 0.6 is 0 Å². The number of fused-ring (bicyclic) bond motifs is 2. The van der Waals surface area contributed by atoms with Crippen molar-refractivity contribution in [1.82, 2.24) is 0 Å². The van der Waals surface area contributed by atoms with Gasteiger partial charge in [0.2, 0.25) is 0 Å². The molecule has 1 radical (unpaired) electrons. The van der Waals surface area contributed by atoms with Crippen LogP contribution in [0, 0.1) is 14.4 Å². The third-order valence-electron chi connectivity index (χ3n) is 3.77. The first-order valence-electron chi connectivity index (χ1n) is 5.49. The molecule has 15 heavy (non-hydrogen) atoms. The van der Waals surface area contributed by atoms with Crippen LogP contribution in [0.1, 0.15) is 40.7 Å². The molecule has 0 N–H and O–H groups in total. The molecule has 3 rings (SSSR count). The van der Waals surface area contributed by atoms with Crippen LogP contribution < -0.4 is 0 Å². The van der Waals surface area contributed by atoms with E-state index in [9.17, 15) is 0 Å². The van der Waals surface area contributed by atoms with E-state index < -0.39 is 0 Å². The summed E-state index contributed by atoms with van der Waals surface area (Å²) in [6.45, 7) is 2.34. The summed E-state index contributed by atoms with van der Waals surface area (Å²) in [5.74, 6) is 0. The Morgan fingerprint density at radius 2 is 1.33 bits per heavy atom. The Labute approximate surface area is 105 Å². The van der Waals surface area contributed by atoms with E-state index in [4.69, 9.17) is 0 Å². The molecule has 0 saturated carbocycles. The Hall–Kier alpha value is -0.196. The molecule has 1 aromatic rings. The maximum atomic E-state index is 2.50. The second-order valence-electron chi connectivity index (χ2n) is 4.48. The summed E-state index contributed by atoms with van der Waals surface area (Å²) in [5.41, 5.74) is 8.36. The molecule has 0 unspecified atom stereocenters. The van der Waals surface area contributed by atoms with Crippen molar-refractivity contribution >= 4 is 0 Å². The quantitative estimate of drug-likeness (QED) is 0.607. The summed E-state index contributed by atoms with van der Waals surface area (Å²) in [7, 11) is 0. The fourth-order valence-corrected chi connectivity index (χ4v) is 3.10. The predicted molar refractivity (Wildman–Crippen MR) is 61.6 cm³/mol. The Balaban J connectivity index is 0.000000562. The van der Waals surface area contributed by atoms with Gasteiger partial charge >= 0.3 is 0 Å². The summed E-state index contributed by atoms with van der Waals surface area (Å²) in [5, 5.41) is 0. The minimum atomic E-state index is 0. The molecule has 1 heteroatoms. The average molecular weight is 238 g/mol. The van der Waals surface area contributed by atoms with Crippen LogP contribution in [-0.2, 0) is 44.2 Å². The first-order chi connectivity index (χ1) is 6.36. The third kappa shape index (κ3) is 1.90. The average Bonchev–Trinajstić information content (AvgIpc) is 2.71. The van der Waals surface area contributed by atoms with Crippen molar-refractivity contribution in [1.29, 1.82) is 0 Å². The second kappa shape index (κ2) is 4.76. The number of rotatable bonds is 0. The Morgan fingerprint density at radius 1 is 0.867 bits per heavy atom. The van der Waals surface area contributed by atoms with E-state index in [1.54, 1.807) is 27.8 Å². The molecule has 0 heterocycles. The normalized spacial score (nSPS) is 16.3. The molecule has 0 aromatic heterocycles. The van der Waals surface area contributed by atoms with Crippen LogP contribution in [0.5, 0.6) is 0 Å². The molecule has 0 atom stereocenters. The predicted octanol–water partition coefficient (Wildman–Crippen LogP) is 3.42. The molecule has 0 saturated heterocycles. The number of aryl methyl sites for hydroxylation is 2. The Kier molecular flexibility index (Phi) is 4.09. The fourth-order valence-electron chi connectivity index (χ4n) is 3.10. The van der Waals surface area contributed by atoms with Crippen LogP contribution in [0.4, 0.5) is 0 Å². The van der Waals surface area contributed by atoms with Crippen molar-refractivity contribution < 1.29 is 18.6 Å². The van der Waals surface area contributed by atoms with Gasteiger partial charge in [-0.15, -0.1) is 0 Å². The van der Waals surface area contributed by atoms with E-state index in [1.807, 2.05) is 0 Å². The molecule has 0 bridgehead atoms. The SMILES string of the molecule is Cc1c2c(cc3c1CCC3)CCC2.[CH3-].[V]. The smallest absolute Gasteiger partial charge is 0 e. The van der Waals surface area contributed by atoms with Crippen LogP contribution in [0.2, 0.25) is 0 Å². The van der Waals surface area contributed by atoms with E-state index in [2.05, 4.69) is 13.0 Å². The minimum Gasteiger partial charge on any atom is -0.358 e. The van der Waals surface area contributed by atoms with Gasteiger partial charge in [-0.1, -0.05) is 6.07 Å². The van der Waals surface area contributed by atoms with E-state index >= 15 is 0 Å².